The normalized spacial score (nSPS) is 30.0. The molecule has 0 radical (unpaired) electrons. The molecule has 0 aromatic heterocycles. The SMILES string of the molecule is C[C@H]1[C@H](OCCNC(=O)NCCCS(=O)(=O)O)O[C@H](CO)[C@@H](O)[C@@H]1O. The lowest BCUT2D eigenvalue weighted by atomic mass is 9.92. The molecule has 0 unspecified atom stereocenters. The minimum Gasteiger partial charge on any atom is -0.394 e. The molecule has 1 aliphatic rings. The summed E-state index contributed by atoms with van der Waals surface area (Å²) in [5, 5.41) is 33.6. The number of rotatable bonds is 9. The van der Waals surface area contributed by atoms with Gasteiger partial charge in [-0.05, 0) is 6.42 Å². The second-order valence-corrected chi connectivity index (χ2v) is 7.33. The van der Waals surface area contributed by atoms with Gasteiger partial charge in [0.25, 0.3) is 10.1 Å². The number of urea groups is 1. The number of aliphatic hydroxyl groups is 3. The van der Waals surface area contributed by atoms with Gasteiger partial charge in [0, 0.05) is 19.0 Å². The second kappa shape index (κ2) is 10.2. The van der Waals surface area contributed by atoms with Gasteiger partial charge in [0.05, 0.1) is 25.1 Å². The van der Waals surface area contributed by atoms with Crippen LogP contribution in [0.5, 0.6) is 0 Å². The number of hydrogen-bond acceptors (Lipinski definition) is 8. The molecule has 0 aliphatic carbocycles. The third-order valence-electron chi connectivity index (χ3n) is 3.72. The first-order chi connectivity index (χ1) is 11.7. The van der Waals surface area contributed by atoms with Crippen molar-refractivity contribution in [2.24, 2.45) is 5.92 Å². The van der Waals surface area contributed by atoms with Crippen molar-refractivity contribution >= 4 is 16.1 Å². The zero-order valence-corrected chi connectivity index (χ0v) is 14.7. The largest absolute Gasteiger partial charge is 0.394 e. The van der Waals surface area contributed by atoms with Crippen LogP contribution in [0.25, 0.3) is 0 Å². The van der Waals surface area contributed by atoms with Gasteiger partial charge < -0.3 is 35.4 Å². The van der Waals surface area contributed by atoms with Crippen molar-refractivity contribution in [2.75, 3.05) is 32.1 Å². The highest BCUT2D eigenvalue weighted by Gasteiger charge is 2.42. The quantitative estimate of drug-likeness (QED) is 0.187. The van der Waals surface area contributed by atoms with Gasteiger partial charge in [-0.1, -0.05) is 6.92 Å². The number of nitrogens with one attached hydrogen (secondary N) is 2. The first kappa shape index (κ1) is 22.0. The molecule has 12 heteroatoms. The van der Waals surface area contributed by atoms with Crippen molar-refractivity contribution in [3.05, 3.63) is 0 Å². The number of amides is 2. The molecule has 1 heterocycles. The highest BCUT2D eigenvalue weighted by Crippen LogP contribution is 2.26. The third-order valence-corrected chi connectivity index (χ3v) is 4.53. The van der Waals surface area contributed by atoms with Gasteiger partial charge in [-0.25, -0.2) is 4.79 Å². The molecule has 1 saturated heterocycles. The summed E-state index contributed by atoms with van der Waals surface area (Å²) in [6.07, 6.45) is -4.01. The average molecular weight is 386 g/mol. The van der Waals surface area contributed by atoms with Crippen LogP contribution in [0.2, 0.25) is 0 Å². The third kappa shape index (κ3) is 7.81. The Morgan fingerprint density at radius 2 is 1.84 bits per heavy atom. The molecule has 6 N–H and O–H groups in total. The lowest BCUT2D eigenvalue weighted by Gasteiger charge is -2.40. The Bertz CT molecular complexity index is 514. The average Bonchev–Trinajstić information content (AvgIpc) is 2.54. The molecule has 0 bridgehead atoms. The molecule has 1 rings (SSSR count). The number of hydrogen-bond donors (Lipinski definition) is 6. The molecular weight excluding hydrogens is 360 g/mol. The summed E-state index contributed by atoms with van der Waals surface area (Å²) in [6, 6.07) is -0.528. The standard InChI is InChI=1S/C13H26N2O9S/c1-8-10(17)11(18)9(7-16)24-12(8)23-5-4-15-13(19)14-3-2-6-25(20,21)22/h8-12,16-18H,2-7H2,1H3,(H2,14,15,19)(H,20,21,22)/t8-,9-,10-,11-,12-/m1/s1. The van der Waals surface area contributed by atoms with E-state index in [0.29, 0.717) is 0 Å². The van der Waals surface area contributed by atoms with Crippen LogP contribution < -0.4 is 10.6 Å². The van der Waals surface area contributed by atoms with Crippen LogP contribution in [-0.2, 0) is 19.6 Å². The summed E-state index contributed by atoms with van der Waals surface area (Å²) in [6.45, 7) is 1.43. The molecule has 1 fully saturated rings. The Balaban J connectivity index is 2.20. The van der Waals surface area contributed by atoms with Gasteiger partial charge >= 0.3 is 6.03 Å². The summed E-state index contributed by atoms with van der Waals surface area (Å²) >= 11 is 0. The second-order valence-electron chi connectivity index (χ2n) is 5.76. The van der Waals surface area contributed by atoms with E-state index in [0.717, 1.165) is 0 Å². The maximum atomic E-state index is 11.4. The first-order valence-corrected chi connectivity index (χ1v) is 9.47. The van der Waals surface area contributed by atoms with Gasteiger partial charge in [0.1, 0.15) is 12.2 Å². The fourth-order valence-corrected chi connectivity index (χ4v) is 2.78. The fourth-order valence-electron chi connectivity index (χ4n) is 2.27. The van der Waals surface area contributed by atoms with Crippen LogP contribution in [-0.4, -0.2) is 91.0 Å². The maximum absolute atomic E-state index is 11.4. The van der Waals surface area contributed by atoms with Gasteiger partial charge in [-0.3, -0.25) is 4.55 Å². The Morgan fingerprint density at radius 3 is 2.44 bits per heavy atom. The van der Waals surface area contributed by atoms with E-state index in [-0.39, 0.29) is 26.1 Å². The molecule has 25 heavy (non-hydrogen) atoms. The van der Waals surface area contributed by atoms with Crippen molar-refractivity contribution in [3.63, 3.8) is 0 Å². The maximum Gasteiger partial charge on any atom is 0.314 e. The molecule has 148 valence electrons. The number of ether oxygens (including phenoxy) is 2. The fraction of sp³-hybridized carbons (Fsp3) is 0.923. The molecule has 11 nitrogen and oxygen atoms in total. The Kier molecular flexibility index (Phi) is 8.99. The van der Waals surface area contributed by atoms with Crippen LogP contribution in [0.15, 0.2) is 0 Å². The van der Waals surface area contributed by atoms with Crippen LogP contribution in [0.1, 0.15) is 13.3 Å². The van der Waals surface area contributed by atoms with Crippen molar-refractivity contribution in [3.8, 4) is 0 Å². The van der Waals surface area contributed by atoms with E-state index in [1.807, 2.05) is 0 Å². The first-order valence-electron chi connectivity index (χ1n) is 7.86. The zero-order chi connectivity index (χ0) is 19.0. The summed E-state index contributed by atoms with van der Waals surface area (Å²) < 4.78 is 40.3. The van der Waals surface area contributed by atoms with Crippen LogP contribution in [0.4, 0.5) is 4.79 Å². The van der Waals surface area contributed by atoms with Crippen LogP contribution in [0.3, 0.4) is 0 Å². The Labute approximate surface area is 146 Å². The lowest BCUT2D eigenvalue weighted by molar-refractivity contribution is -0.281. The van der Waals surface area contributed by atoms with E-state index >= 15 is 0 Å². The molecule has 5 atom stereocenters. The van der Waals surface area contributed by atoms with E-state index < -0.39 is 59.0 Å². The van der Waals surface area contributed by atoms with Crippen molar-refractivity contribution in [1.82, 2.24) is 10.6 Å². The van der Waals surface area contributed by atoms with Gasteiger partial charge in [-0.2, -0.15) is 8.42 Å². The monoisotopic (exact) mass is 386 g/mol. The predicted molar refractivity (Wildman–Crippen MR) is 85.3 cm³/mol. The van der Waals surface area contributed by atoms with Crippen molar-refractivity contribution < 1.29 is 42.6 Å². The van der Waals surface area contributed by atoms with Crippen molar-refractivity contribution in [1.29, 1.82) is 0 Å². The zero-order valence-electron chi connectivity index (χ0n) is 13.9. The minimum atomic E-state index is -4.04. The summed E-state index contributed by atoms with van der Waals surface area (Å²) in [4.78, 5) is 11.4. The molecule has 0 aromatic carbocycles. The molecule has 0 saturated carbocycles. The van der Waals surface area contributed by atoms with Gasteiger partial charge in [0.15, 0.2) is 6.29 Å². The summed E-state index contributed by atoms with van der Waals surface area (Å²) in [5.74, 6) is -0.958. The number of aliphatic hydroxyl groups excluding tert-OH is 3. The van der Waals surface area contributed by atoms with E-state index in [2.05, 4.69) is 10.6 Å². The number of carbonyl (C=O) groups excluding carboxylic acids is 1. The summed E-state index contributed by atoms with van der Waals surface area (Å²) in [5.41, 5.74) is 0. The topological polar surface area (TPSA) is 175 Å². The number of carbonyl (C=O) groups is 1. The van der Waals surface area contributed by atoms with Crippen LogP contribution >= 0.6 is 0 Å². The minimum absolute atomic E-state index is 0.0639. The summed E-state index contributed by atoms with van der Waals surface area (Å²) in [7, 11) is -4.04. The van der Waals surface area contributed by atoms with E-state index in [9.17, 15) is 23.4 Å². The molecule has 0 spiro atoms. The van der Waals surface area contributed by atoms with Crippen LogP contribution in [0, 0.1) is 5.92 Å². The van der Waals surface area contributed by atoms with E-state index in [1.54, 1.807) is 6.92 Å². The lowest BCUT2D eigenvalue weighted by Crippen LogP contribution is -2.55. The molecule has 0 aromatic rings. The highest BCUT2D eigenvalue weighted by molar-refractivity contribution is 7.85. The Morgan fingerprint density at radius 1 is 1.20 bits per heavy atom. The molecule has 2 amide bonds. The highest BCUT2D eigenvalue weighted by atomic mass is 32.2. The smallest absolute Gasteiger partial charge is 0.314 e. The van der Waals surface area contributed by atoms with Gasteiger partial charge in [0.2, 0.25) is 0 Å². The molecule has 1 aliphatic heterocycles. The van der Waals surface area contributed by atoms with Gasteiger partial charge in [-0.15, -0.1) is 0 Å². The molecular formula is C13H26N2O9S. The van der Waals surface area contributed by atoms with E-state index in [4.69, 9.17) is 19.1 Å². The van der Waals surface area contributed by atoms with Crippen molar-refractivity contribution in [2.45, 2.75) is 37.9 Å². The van der Waals surface area contributed by atoms with E-state index in [1.165, 1.54) is 0 Å². The predicted octanol–water partition coefficient (Wildman–Crippen LogP) is -2.34. The Hall–Kier alpha value is -1.02.